The Bertz CT molecular complexity index is 640. The van der Waals surface area contributed by atoms with E-state index < -0.39 is 0 Å². The minimum Gasteiger partial charge on any atom is -0.342 e. The molecule has 1 aromatic rings. The predicted octanol–water partition coefficient (Wildman–Crippen LogP) is 2.78. The van der Waals surface area contributed by atoms with E-state index in [1.165, 1.54) is 0 Å². The zero-order chi connectivity index (χ0) is 17.4. The molecule has 0 radical (unpaired) electrons. The molecule has 134 valence electrons. The lowest BCUT2D eigenvalue weighted by Gasteiger charge is -2.37. The van der Waals surface area contributed by atoms with E-state index in [2.05, 4.69) is 16.8 Å². The van der Waals surface area contributed by atoms with Crippen LogP contribution in [0, 0.1) is 11.8 Å². The summed E-state index contributed by atoms with van der Waals surface area (Å²) in [5.41, 5.74) is 1.09. The number of hydrogen-bond acceptors (Lipinski definition) is 3. The van der Waals surface area contributed by atoms with E-state index in [4.69, 9.17) is 0 Å². The van der Waals surface area contributed by atoms with Crippen molar-refractivity contribution in [1.82, 2.24) is 14.8 Å². The average molecular weight is 341 g/mol. The van der Waals surface area contributed by atoms with Crippen LogP contribution in [0.15, 0.2) is 24.5 Å². The number of aromatic nitrogens is 1. The van der Waals surface area contributed by atoms with E-state index in [9.17, 15) is 9.59 Å². The summed E-state index contributed by atoms with van der Waals surface area (Å²) < 4.78 is 0. The number of amides is 2. The van der Waals surface area contributed by atoms with Crippen LogP contribution < -0.4 is 0 Å². The second-order valence-electron chi connectivity index (χ2n) is 7.84. The first kappa shape index (κ1) is 16.6. The molecule has 5 nitrogen and oxygen atoms in total. The highest BCUT2D eigenvalue weighted by molar-refractivity contribution is 5.84. The fourth-order valence-electron chi connectivity index (χ4n) is 4.00. The number of likely N-dealkylation sites (tertiary alicyclic amines) is 1. The van der Waals surface area contributed by atoms with Crippen molar-refractivity contribution in [2.75, 3.05) is 13.1 Å². The molecule has 0 bridgehead atoms. The summed E-state index contributed by atoms with van der Waals surface area (Å²) >= 11 is 0. The highest BCUT2D eigenvalue weighted by Gasteiger charge is 2.42. The fourth-order valence-corrected chi connectivity index (χ4v) is 4.00. The van der Waals surface area contributed by atoms with Gasteiger partial charge in [-0.15, -0.1) is 0 Å². The molecule has 0 spiro atoms. The van der Waals surface area contributed by atoms with Crippen LogP contribution >= 0.6 is 0 Å². The Morgan fingerprint density at radius 1 is 1.20 bits per heavy atom. The summed E-state index contributed by atoms with van der Waals surface area (Å²) in [6.45, 7) is 3.53. The number of carbonyl (C=O) groups excluding carboxylic acids is 2. The minimum absolute atomic E-state index is 0.0446. The number of hydrogen-bond donors (Lipinski definition) is 0. The standard InChI is InChI=1S/C20H27N3O2/c1-14(16-4-2-10-21-12-16)23(18-8-9-18)20(25)17-5-3-11-22(13-17)19(24)15-6-7-15/h2,4,10,12,14-15,17-18H,3,5-9,11,13H2,1H3/t14-,17+/m0/s1. The van der Waals surface area contributed by atoms with Crippen LogP contribution in [0.4, 0.5) is 0 Å². The van der Waals surface area contributed by atoms with Gasteiger partial charge in [0.05, 0.1) is 12.0 Å². The van der Waals surface area contributed by atoms with Crippen LogP contribution in [-0.4, -0.2) is 45.7 Å². The van der Waals surface area contributed by atoms with Crippen molar-refractivity contribution < 1.29 is 9.59 Å². The van der Waals surface area contributed by atoms with Gasteiger partial charge in [-0.25, -0.2) is 0 Å². The maximum Gasteiger partial charge on any atom is 0.228 e. The third-order valence-electron chi connectivity index (χ3n) is 5.79. The molecule has 1 aliphatic heterocycles. The number of piperidine rings is 1. The second-order valence-corrected chi connectivity index (χ2v) is 7.84. The quantitative estimate of drug-likeness (QED) is 0.827. The molecule has 1 aromatic heterocycles. The highest BCUT2D eigenvalue weighted by Crippen LogP contribution is 2.37. The summed E-state index contributed by atoms with van der Waals surface area (Å²) in [7, 11) is 0. The molecule has 0 unspecified atom stereocenters. The van der Waals surface area contributed by atoms with Crippen molar-refractivity contribution >= 4 is 11.8 Å². The van der Waals surface area contributed by atoms with Gasteiger partial charge >= 0.3 is 0 Å². The summed E-state index contributed by atoms with van der Waals surface area (Å²) in [5.74, 6) is 0.696. The summed E-state index contributed by atoms with van der Waals surface area (Å²) in [5, 5.41) is 0. The van der Waals surface area contributed by atoms with Crippen LogP contribution in [-0.2, 0) is 9.59 Å². The zero-order valence-electron chi connectivity index (χ0n) is 14.9. The van der Waals surface area contributed by atoms with Gasteiger partial charge in [0.1, 0.15) is 0 Å². The van der Waals surface area contributed by atoms with Gasteiger partial charge in [-0.3, -0.25) is 14.6 Å². The number of carbonyl (C=O) groups is 2. The molecule has 2 aliphatic carbocycles. The Balaban J connectivity index is 1.47. The Morgan fingerprint density at radius 3 is 2.64 bits per heavy atom. The van der Waals surface area contributed by atoms with E-state index in [0.29, 0.717) is 12.6 Å². The molecular weight excluding hydrogens is 314 g/mol. The van der Waals surface area contributed by atoms with Gasteiger partial charge in [-0.05, 0) is 57.1 Å². The molecule has 1 saturated heterocycles. The molecule has 3 fully saturated rings. The van der Waals surface area contributed by atoms with Gasteiger partial charge in [0.15, 0.2) is 0 Å². The molecule has 5 heteroatoms. The normalized spacial score (nSPS) is 24.7. The number of nitrogens with zero attached hydrogens (tertiary/aromatic N) is 3. The van der Waals surface area contributed by atoms with Crippen LogP contribution in [0.2, 0.25) is 0 Å². The second kappa shape index (κ2) is 6.77. The predicted molar refractivity (Wildman–Crippen MR) is 94.5 cm³/mol. The first-order chi connectivity index (χ1) is 12.1. The Hall–Kier alpha value is -1.91. The Kier molecular flexibility index (Phi) is 4.48. The topological polar surface area (TPSA) is 53.5 Å². The summed E-state index contributed by atoms with van der Waals surface area (Å²) in [6, 6.07) is 4.38. The Labute approximate surface area is 149 Å². The van der Waals surface area contributed by atoms with Crippen molar-refractivity contribution in [2.24, 2.45) is 11.8 Å². The lowest BCUT2D eigenvalue weighted by Crippen LogP contribution is -2.48. The number of pyridine rings is 1. The van der Waals surface area contributed by atoms with E-state index in [0.717, 1.165) is 50.6 Å². The molecule has 3 aliphatic rings. The van der Waals surface area contributed by atoms with Gasteiger partial charge in [-0.2, -0.15) is 0 Å². The molecule has 0 aromatic carbocycles. The molecule has 2 heterocycles. The molecule has 4 rings (SSSR count). The molecule has 2 saturated carbocycles. The lowest BCUT2D eigenvalue weighted by atomic mass is 9.94. The third kappa shape index (κ3) is 3.55. The van der Waals surface area contributed by atoms with Crippen molar-refractivity contribution in [1.29, 1.82) is 0 Å². The van der Waals surface area contributed by atoms with Crippen LogP contribution in [0.1, 0.15) is 57.1 Å². The smallest absolute Gasteiger partial charge is 0.228 e. The Morgan fingerprint density at radius 2 is 2.00 bits per heavy atom. The SMILES string of the molecule is C[C@@H](c1cccnc1)N(C(=O)[C@@H]1CCCN(C(=O)C2CC2)C1)C1CC1. The monoisotopic (exact) mass is 341 g/mol. The molecule has 25 heavy (non-hydrogen) atoms. The van der Waals surface area contributed by atoms with Crippen molar-refractivity contribution in [3.05, 3.63) is 30.1 Å². The van der Waals surface area contributed by atoms with Gasteiger partial charge in [-0.1, -0.05) is 6.07 Å². The van der Waals surface area contributed by atoms with Gasteiger partial charge < -0.3 is 9.80 Å². The number of rotatable bonds is 5. The van der Waals surface area contributed by atoms with Crippen LogP contribution in [0.3, 0.4) is 0 Å². The minimum atomic E-state index is -0.0452. The lowest BCUT2D eigenvalue weighted by molar-refractivity contribution is -0.143. The van der Waals surface area contributed by atoms with E-state index in [1.54, 1.807) is 6.20 Å². The van der Waals surface area contributed by atoms with E-state index in [-0.39, 0.29) is 29.7 Å². The van der Waals surface area contributed by atoms with Crippen molar-refractivity contribution in [3.63, 3.8) is 0 Å². The van der Waals surface area contributed by atoms with Gasteiger partial charge in [0, 0.05) is 37.4 Å². The van der Waals surface area contributed by atoms with Gasteiger partial charge in [0.25, 0.3) is 0 Å². The highest BCUT2D eigenvalue weighted by atomic mass is 16.2. The van der Waals surface area contributed by atoms with Crippen molar-refractivity contribution in [2.45, 2.75) is 57.5 Å². The van der Waals surface area contributed by atoms with E-state index in [1.807, 2.05) is 23.2 Å². The fraction of sp³-hybridized carbons (Fsp3) is 0.650. The average Bonchev–Trinajstić information content (AvgIpc) is 3.55. The summed E-state index contributed by atoms with van der Waals surface area (Å²) in [6.07, 6.45) is 9.70. The largest absolute Gasteiger partial charge is 0.342 e. The van der Waals surface area contributed by atoms with Crippen molar-refractivity contribution in [3.8, 4) is 0 Å². The maximum absolute atomic E-state index is 13.3. The van der Waals surface area contributed by atoms with Crippen LogP contribution in [0.5, 0.6) is 0 Å². The molecule has 2 atom stereocenters. The van der Waals surface area contributed by atoms with Crippen LogP contribution in [0.25, 0.3) is 0 Å². The summed E-state index contributed by atoms with van der Waals surface area (Å²) in [4.78, 5) is 33.9. The third-order valence-corrected chi connectivity index (χ3v) is 5.79. The van der Waals surface area contributed by atoms with Gasteiger partial charge in [0.2, 0.25) is 11.8 Å². The maximum atomic E-state index is 13.3. The first-order valence-electron chi connectivity index (χ1n) is 9.66. The van der Waals surface area contributed by atoms with E-state index >= 15 is 0 Å². The first-order valence-corrected chi connectivity index (χ1v) is 9.66. The molecule has 2 amide bonds. The molecular formula is C20H27N3O2. The molecule has 0 N–H and O–H groups in total. The zero-order valence-corrected chi connectivity index (χ0v) is 14.9.